The van der Waals surface area contributed by atoms with Gasteiger partial charge in [0.15, 0.2) is 0 Å². The number of hydrogen-bond acceptors (Lipinski definition) is 3. The average molecular weight is 259 g/mol. The molecule has 0 radical (unpaired) electrons. The summed E-state index contributed by atoms with van der Waals surface area (Å²) in [6.45, 7) is 0. The van der Waals surface area contributed by atoms with Crippen LogP contribution < -0.4 is 11.1 Å². The highest BCUT2D eigenvalue weighted by atomic mass is 16.2. The zero-order valence-corrected chi connectivity index (χ0v) is 10.8. The molecule has 3 amide bonds. The molecule has 2 aliphatic rings. The van der Waals surface area contributed by atoms with E-state index in [1.54, 1.807) is 0 Å². The zero-order chi connectivity index (χ0) is 13.6. The van der Waals surface area contributed by atoms with Gasteiger partial charge in [0.25, 0.3) is 5.91 Å². The molecule has 0 bridgehead atoms. The Labute approximate surface area is 111 Å². The Balaban J connectivity index is 1.83. The van der Waals surface area contributed by atoms with Crippen molar-refractivity contribution in [2.45, 2.75) is 30.7 Å². The van der Waals surface area contributed by atoms with Crippen molar-refractivity contribution in [1.29, 1.82) is 0 Å². The highest BCUT2D eigenvalue weighted by Crippen LogP contribution is 2.43. The van der Waals surface area contributed by atoms with Gasteiger partial charge in [-0.1, -0.05) is 12.1 Å². The van der Waals surface area contributed by atoms with Gasteiger partial charge in [-0.15, -0.1) is 0 Å². The molecule has 1 saturated carbocycles. The second-order valence-corrected chi connectivity index (χ2v) is 5.48. The van der Waals surface area contributed by atoms with Crippen LogP contribution in [0.1, 0.15) is 30.7 Å². The largest absolute Gasteiger partial charge is 0.399 e. The average Bonchev–Trinajstić information content (AvgIpc) is 2.90. The first-order valence-electron chi connectivity index (χ1n) is 6.47. The lowest BCUT2D eigenvalue weighted by Crippen LogP contribution is -2.44. The number of carbonyl (C=O) groups excluding carboxylic acids is 2. The topological polar surface area (TPSA) is 75.4 Å². The van der Waals surface area contributed by atoms with Crippen LogP contribution in [0.15, 0.2) is 24.3 Å². The SMILES string of the molecule is CN1C(=O)NC2(CC[C@H](c3ccc(N)cc3)C2)C1=O. The van der Waals surface area contributed by atoms with Crippen LogP contribution >= 0.6 is 0 Å². The van der Waals surface area contributed by atoms with Gasteiger partial charge >= 0.3 is 6.03 Å². The van der Waals surface area contributed by atoms with Gasteiger partial charge in [0.1, 0.15) is 5.54 Å². The van der Waals surface area contributed by atoms with Gasteiger partial charge in [-0.05, 0) is 42.9 Å². The Bertz CT molecular complexity index is 540. The van der Waals surface area contributed by atoms with Crippen molar-refractivity contribution in [2.24, 2.45) is 0 Å². The minimum atomic E-state index is -0.683. The first kappa shape index (κ1) is 12.0. The molecule has 1 heterocycles. The predicted molar refractivity (Wildman–Crippen MR) is 71.5 cm³/mol. The maximum Gasteiger partial charge on any atom is 0.324 e. The first-order chi connectivity index (χ1) is 9.02. The number of likely N-dealkylation sites (N-methyl/N-ethyl adjacent to an activating group) is 1. The lowest BCUT2D eigenvalue weighted by Gasteiger charge is -2.20. The summed E-state index contributed by atoms with van der Waals surface area (Å²) in [4.78, 5) is 25.0. The third-order valence-corrected chi connectivity index (χ3v) is 4.29. The minimum absolute atomic E-state index is 0.101. The molecule has 100 valence electrons. The highest BCUT2D eigenvalue weighted by molar-refractivity contribution is 6.07. The number of hydrogen-bond donors (Lipinski definition) is 2. The molecule has 3 rings (SSSR count). The standard InChI is InChI=1S/C14H17N3O2/c1-17-12(18)14(16-13(17)19)7-6-10(8-14)9-2-4-11(15)5-3-9/h2-5,10H,6-8,15H2,1H3,(H,16,19)/t10-,14?/m0/s1. The van der Waals surface area contributed by atoms with Gasteiger partial charge in [-0.3, -0.25) is 9.69 Å². The van der Waals surface area contributed by atoms with E-state index in [1.807, 2.05) is 24.3 Å². The summed E-state index contributed by atoms with van der Waals surface area (Å²) in [6, 6.07) is 7.47. The Morgan fingerprint density at radius 3 is 2.58 bits per heavy atom. The number of carbonyl (C=O) groups is 2. The molecule has 19 heavy (non-hydrogen) atoms. The van der Waals surface area contributed by atoms with E-state index in [9.17, 15) is 9.59 Å². The molecule has 3 N–H and O–H groups in total. The molecule has 1 aromatic carbocycles. The van der Waals surface area contributed by atoms with E-state index in [2.05, 4.69) is 5.32 Å². The maximum atomic E-state index is 12.2. The molecule has 1 unspecified atom stereocenters. The number of imide groups is 1. The summed E-state index contributed by atoms with van der Waals surface area (Å²) >= 11 is 0. The third kappa shape index (κ3) is 1.77. The molecule has 2 atom stereocenters. The van der Waals surface area contributed by atoms with Crippen LogP contribution in [0, 0.1) is 0 Å². The summed E-state index contributed by atoms with van der Waals surface area (Å²) in [5.74, 6) is 0.201. The number of nitrogens with two attached hydrogens (primary N) is 1. The van der Waals surface area contributed by atoms with Gasteiger partial charge in [0, 0.05) is 12.7 Å². The number of amides is 3. The van der Waals surface area contributed by atoms with E-state index >= 15 is 0 Å². The van der Waals surface area contributed by atoms with Crippen LogP contribution in [-0.2, 0) is 4.79 Å². The number of nitrogen functional groups attached to an aromatic ring is 1. The third-order valence-electron chi connectivity index (χ3n) is 4.29. The van der Waals surface area contributed by atoms with Crippen LogP contribution in [0.25, 0.3) is 0 Å². The van der Waals surface area contributed by atoms with Crippen LogP contribution in [0.5, 0.6) is 0 Å². The van der Waals surface area contributed by atoms with Crippen molar-refractivity contribution in [2.75, 3.05) is 12.8 Å². The molecule has 1 aromatic rings. The van der Waals surface area contributed by atoms with Crippen LogP contribution in [-0.4, -0.2) is 29.4 Å². The van der Waals surface area contributed by atoms with Crippen molar-refractivity contribution in [3.63, 3.8) is 0 Å². The molecule has 0 aromatic heterocycles. The number of urea groups is 1. The fraction of sp³-hybridized carbons (Fsp3) is 0.429. The molecular weight excluding hydrogens is 242 g/mol. The molecule has 5 nitrogen and oxygen atoms in total. The normalized spacial score (nSPS) is 30.2. The molecule has 1 aliphatic heterocycles. The smallest absolute Gasteiger partial charge is 0.324 e. The number of nitrogens with one attached hydrogen (secondary N) is 1. The van der Waals surface area contributed by atoms with E-state index in [1.165, 1.54) is 17.5 Å². The van der Waals surface area contributed by atoms with Gasteiger partial charge in [-0.25, -0.2) is 4.79 Å². The summed E-state index contributed by atoms with van der Waals surface area (Å²) < 4.78 is 0. The number of rotatable bonds is 1. The van der Waals surface area contributed by atoms with E-state index < -0.39 is 5.54 Å². The molecular formula is C14H17N3O2. The minimum Gasteiger partial charge on any atom is -0.399 e. The molecule has 2 fully saturated rings. The second kappa shape index (κ2) is 3.98. The van der Waals surface area contributed by atoms with Crippen molar-refractivity contribution >= 4 is 17.6 Å². The highest BCUT2D eigenvalue weighted by Gasteiger charge is 2.53. The maximum absolute atomic E-state index is 12.2. The van der Waals surface area contributed by atoms with Gasteiger partial charge in [-0.2, -0.15) is 0 Å². The van der Waals surface area contributed by atoms with E-state index in [0.29, 0.717) is 18.8 Å². The summed E-state index contributed by atoms with van der Waals surface area (Å²) in [6.07, 6.45) is 2.28. The zero-order valence-electron chi connectivity index (χ0n) is 10.8. The lowest BCUT2D eigenvalue weighted by atomic mass is 9.92. The van der Waals surface area contributed by atoms with E-state index in [0.717, 1.165) is 12.1 Å². The van der Waals surface area contributed by atoms with Gasteiger partial charge in [0.05, 0.1) is 0 Å². The quantitative estimate of drug-likeness (QED) is 0.592. The van der Waals surface area contributed by atoms with E-state index in [-0.39, 0.29) is 11.9 Å². The number of nitrogens with zero attached hydrogens (tertiary/aromatic N) is 1. The Morgan fingerprint density at radius 2 is 2.00 bits per heavy atom. The predicted octanol–water partition coefficient (Wildman–Crippen LogP) is 1.46. The summed E-state index contributed by atoms with van der Waals surface area (Å²) in [5, 5.41) is 2.85. The lowest BCUT2D eigenvalue weighted by molar-refractivity contribution is -0.130. The monoisotopic (exact) mass is 259 g/mol. The summed E-state index contributed by atoms with van der Waals surface area (Å²) in [5.41, 5.74) is 6.92. The number of anilines is 1. The molecule has 1 saturated heterocycles. The second-order valence-electron chi connectivity index (χ2n) is 5.48. The van der Waals surface area contributed by atoms with Crippen molar-refractivity contribution in [1.82, 2.24) is 10.2 Å². The van der Waals surface area contributed by atoms with Crippen LogP contribution in [0.3, 0.4) is 0 Å². The van der Waals surface area contributed by atoms with Gasteiger partial charge in [0.2, 0.25) is 0 Å². The first-order valence-corrected chi connectivity index (χ1v) is 6.47. The van der Waals surface area contributed by atoms with Crippen molar-refractivity contribution in [3.05, 3.63) is 29.8 Å². The number of benzene rings is 1. The van der Waals surface area contributed by atoms with Crippen molar-refractivity contribution < 1.29 is 9.59 Å². The Morgan fingerprint density at radius 1 is 1.32 bits per heavy atom. The van der Waals surface area contributed by atoms with E-state index in [4.69, 9.17) is 5.73 Å². The summed E-state index contributed by atoms with van der Waals surface area (Å²) in [7, 11) is 1.53. The van der Waals surface area contributed by atoms with Gasteiger partial charge < -0.3 is 11.1 Å². The Hall–Kier alpha value is -2.04. The van der Waals surface area contributed by atoms with Crippen molar-refractivity contribution in [3.8, 4) is 0 Å². The molecule has 5 heteroatoms. The Kier molecular flexibility index (Phi) is 2.52. The fourth-order valence-corrected chi connectivity index (χ4v) is 3.16. The van der Waals surface area contributed by atoms with Crippen LogP contribution in [0.2, 0.25) is 0 Å². The van der Waals surface area contributed by atoms with Crippen LogP contribution in [0.4, 0.5) is 10.5 Å². The molecule has 1 aliphatic carbocycles. The fourth-order valence-electron chi connectivity index (χ4n) is 3.16. The molecule has 1 spiro atoms.